The van der Waals surface area contributed by atoms with Crippen molar-refractivity contribution >= 4 is 24.3 Å². The Hall–Kier alpha value is -1.59. The van der Waals surface area contributed by atoms with Crippen LogP contribution in [0.25, 0.3) is 0 Å². The minimum atomic E-state index is -0.481. The molecular formula is C16H24ClNO4. The average molecular weight is 330 g/mol. The van der Waals surface area contributed by atoms with Crippen molar-refractivity contribution < 1.29 is 19.1 Å². The van der Waals surface area contributed by atoms with E-state index in [1.54, 1.807) is 24.3 Å². The first-order chi connectivity index (χ1) is 9.99. The van der Waals surface area contributed by atoms with Crippen molar-refractivity contribution in [2.75, 3.05) is 19.7 Å². The zero-order chi connectivity index (χ0) is 15.8. The lowest BCUT2D eigenvalue weighted by Gasteiger charge is -2.25. The number of ether oxygens (including phenoxy) is 2. The Morgan fingerprint density at radius 3 is 2.32 bits per heavy atom. The van der Waals surface area contributed by atoms with Crippen LogP contribution in [0, 0.1) is 0 Å². The summed E-state index contributed by atoms with van der Waals surface area (Å²) in [6.45, 7) is 9.55. The smallest absolute Gasteiger partial charge is 0.342 e. The van der Waals surface area contributed by atoms with Gasteiger partial charge in [-0.1, -0.05) is 26.0 Å². The SMILES string of the molecule is CCN(CC)C(C)COC(=O)c1ccccc1OC(C)=O.Cl. The number of nitrogens with zero attached hydrogens (tertiary/aromatic N) is 1. The number of para-hydroxylation sites is 1. The fourth-order valence-electron chi connectivity index (χ4n) is 2.11. The molecule has 1 atom stereocenters. The highest BCUT2D eigenvalue weighted by atomic mass is 35.5. The Morgan fingerprint density at radius 1 is 1.18 bits per heavy atom. The van der Waals surface area contributed by atoms with Gasteiger partial charge < -0.3 is 9.47 Å². The molecule has 1 aromatic rings. The lowest BCUT2D eigenvalue weighted by atomic mass is 10.2. The molecule has 0 spiro atoms. The molecule has 1 unspecified atom stereocenters. The Bertz CT molecular complexity index is 489. The third-order valence-electron chi connectivity index (χ3n) is 3.25. The molecule has 0 fully saturated rings. The van der Waals surface area contributed by atoms with E-state index in [-0.39, 0.29) is 29.8 Å². The van der Waals surface area contributed by atoms with Crippen LogP contribution in [-0.4, -0.2) is 42.6 Å². The lowest BCUT2D eigenvalue weighted by molar-refractivity contribution is -0.131. The van der Waals surface area contributed by atoms with Crippen molar-refractivity contribution in [3.05, 3.63) is 29.8 Å². The molecule has 0 saturated carbocycles. The van der Waals surface area contributed by atoms with E-state index in [9.17, 15) is 9.59 Å². The molecule has 0 bridgehead atoms. The second-order valence-corrected chi connectivity index (χ2v) is 4.76. The predicted octanol–water partition coefficient (Wildman–Crippen LogP) is 2.92. The molecule has 0 saturated heterocycles. The maximum atomic E-state index is 12.1. The van der Waals surface area contributed by atoms with Crippen LogP contribution in [0.1, 0.15) is 38.1 Å². The standard InChI is InChI=1S/C16H23NO4.ClH/c1-5-17(6-2)12(3)11-20-16(19)14-9-7-8-10-15(14)21-13(4)18;/h7-10,12H,5-6,11H2,1-4H3;1H. The van der Waals surface area contributed by atoms with Gasteiger partial charge in [0.25, 0.3) is 0 Å². The topological polar surface area (TPSA) is 55.8 Å². The summed E-state index contributed by atoms with van der Waals surface area (Å²) < 4.78 is 10.3. The third-order valence-corrected chi connectivity index (χ3v) is 3.25. The molecule has 0 aliphatic heterocycles. The summed E-state index contributed by atoms with van der Waals surface area (Å²) in [6.07, 6.45) is 0. The van der Waals surface area contributed by atoms with Gasteiger partial charge in [-0.25, -0.2) is 4.79 Å². The molecule has 0 aliphatic rings. The van der Waals surface area contributed by atoms with Crippen molar-refractivity contribution in [2.45, 2.75) is 33.7 Å². The van der Waals surface area contributed by atoms with Gasteiger partial charge in [0.05, 0.1) is 0 Å². The van der Waals surface area contributed by atoms with Crippen LogP contribution in [0.3, 0.4) is 0 Å². The van der Waals surface area contributed by atoms with Gasteiger partial charge in [0.2, 0.25) is 0 Å². The van der Waals surface area contributed by atoms with Crippen LogP contribution < -0.4 is 4.74 Å². The molecular weight excluding hydrogens is 306 g/mol. The van der Waals surface area contributed by atoms with Crippen molar-refractivity contribution in [3.63, 3.8) is 0 Å². The van der Waals surface area contributed by atoms with E-state index in [1.807, 2.05) is 6.92 Å². The summed E-state index contributed by atoms with van der Waals surface area (Å²) in [5.74, 6) is -0.719. The molecule has 0 heterocycles. The highest BCUT2D eigenvalue weighted by Crippen LogP contribution is 2.19. The minimum absolute atomic E-state index is 0. The lowest BCUT2D eigenvalue weighted by Crippen LogP contribution is -2.36. The number of hydrogen-bond acceptors (Lipinski definition) is 5. The average Bonchev–Trinajstić information content (AvgIpc) is 2.46. The molecule has 22 heavy (non-hydrogen) atoms. The number of likely N-dealkylation sites (N-methyl/N-ethyl adjacent to an activating group) is 1. The number of halogens is 1. The normalized spacial score (nSPS) is 11.5. The zero-order valence-electron chi connectivity index (χ0n) is 13.5. The first-order valence-corrected chi connectivity index (χ1v) is 7.18. The Morgan fingerprint density at radius 2 is 1.77 bits per heavy atom. The van der Waals surface area contributed by atoms with E-state index in [0.29, 0.717) is 6.61 Å². The van der Waals surface area contributed by atoms with Crippen LogP contribution in [0.4, 0.5) is 0 Å². The Kier molecular flexibility index (Phi) is 9.45. The summed E-state index contributed by atoms with van der Waals surface area (Å²) in [5.41, 5.74) is 0.263. The summed E-state index contributed by atoms with van der Waals surface area (Å²) in [5, 5.41) is 0. The molecule has 124 valence electrons. The summed E-state index contributed by atoms with van der Waals surface area (Å²) in [6, 6.07) is 6.71. The van der Waals surface area contributed by atoms with Gasteiger partial charge in [0.15, 0.2) is 0 Å². The Labute approximate surface area is 138 Å². The van der Waals surface area contributed by atoms with Crippen LogP contribution >= 0.6 is 12.4 Å². The van der Waals surface area contributed by atoms with Crippen LogP contribution in [0.2, 0.25) is 0 Å². The van der Waals surface area contributed by atoms with Crippen molar-refractivity contribution in [3.8, 4) is 5.75 Å². The summed E-state index contributed by atoms with van der Waals surface area (Å²) in [4.78, 5) is 25.4. The van der Waals surface area contributed by atoms with E-state index in [1.165, 1.54) is 6.92 Å². The largest absolute Gasteiger partial charge is 0.460 e. The van der Waals surface area contributed by atoms with E-state index in [0.717, 1.165) is 13.1 Å². The van der Waals surface area contributed by atoms with Gasteiger partial charge in [-0.05, 0) is 32.1 Å². The first-order valence-electron chi connectivity index (χ1n) is 7.18. The fourth-order valence-corrected chi connectivity index (χ4v) is 2.11. The molecule has 0 amide bonds. The van der Waals surface area contributed by atoms with E-state index < -0.39 is 11.9 Å². The maximum absolute atomic E-state index is 12.1. The molecule has 0 radical (unpaired) electrons. The second-order valence-electron chi connectivity index (χ2n) is 4.76. The predicted molar refractivity (Wildman–Crippen MR) is 87.7 cm³/mol. The van der Waals surface area contributed by atoms with E-state index in [4.69, 9.17) is 9.47 Å². The maximum Gasteiger partial charge on any atom is 0.342 e. The van der Waals surface area contributed by atoms with Crippen molar-refractivity contribution in [1.29, 1.82) is 0 Å². The minimum Gasteiger partial charge on any atom is -0.460 e. The number of esters is 2. The fraction of sp³-hybridized carbons (Fsp3) is 0.500. The monoisotopic (exact) mass is 329 g/mol. The molecule has 5 nitrogen and oxygen atoms in total. The van der Waals surface area contributed by atoms with Gasteiger partial charge in [0.1, 0.15) is 17.9 Å². The molecule has 1 aromatic carbocycles. The highest BCUT2D eigenvalue weighted by molar-refractivity contribution is 5.93. The molecule has 1 rings (SSSR count). The number of carbonyl (C=O) groups is 2. The summed E-state index contributed by atoms with van der Waals surface area (Å²) >= 11 is 0. The van der Waals surface area contributed by atoms with Crippen molar-refractivity contribution in [1.82, 2.24) is 4.90 Å². The van der Waals surface area contributed by atoms with Gasteiger partial charge in [-0.15, -0.1) is 12.4 Å². The van der Waals surface area contributed by atoms with E-state index >= 15 is 0 Å². The third kappa shape index (κ3) is 6.03. The number of carbonyl (C=O) groups excluding carboxylic acids is 2. The molecule has 6 heteroatoms. The number of rotatable bonds is 7. The Balaban J connectivity index is 0.00000441. The molecule has 0 aromatic heterocycles. The van der Waals surface area contributed by atoms with Gasteiger partial charge in [0, 0.05) is 13.0 Å². The zero-order valence-corrected chi connectivity index (χ0v) is 14.3. The number of hydrogen-bond donors (Lipinski definition) is 0. The van der Waals surface area contributed by atoms with Gasteiger partial charge in [-0.3, -0.25) is 9.69 Å². The van der Waals surface area contributed by atoms with Crippen LogP contribution in [0.5, 0.6) is 5.75 Å². The molecule has 0 N–H and O–H groups in total. The number of benzene rings is 1. The second kappa shape index (κ2) is 10.2. The van der Waals surface area contributed by atoms with Crippen molar-refractivity contribution in [2.24, 2.45) is 0 Å². The van der Waals surface area contributed by atoms with Crippen LogP contribution in [-0.2, 0) is 9.53 Å². The van der Waals surface area contributed by atoms with E-state index in [2.05, 4.69) is 18.7 Å². The highest BCUT2D eigenvalue weighted by Gasteiger charge is 2.17. The molecule has 0 aliphatic carbocycles. The van der Waals surface area contributed by atoms with Gasteiger partial charge in [-0.2, -0.15) is 0 Å². The quantitative estimate of drug-likeness (QED) is 0.568. The first kappa shape index (κ1) is 20.4. The summed E-state index contributed by atoms with van der Waals surface area (Å²) in [7, 11) is 0. The van der Waals surface area contributed by atoms with Gasteiger partial charge >= 0.3 is 11.9 Å². The van der Waals surface area contributed by atoms with Crippen LogP contribution in [0.15, 0.2) is 24.3 Å².